The first-order valence-corrected chi connectivity index (χ1v) is 16.3. The van der Waals surface area contributed by atoms with E-state index in [1.54, 1.807) is 47.6 Å². The van der Waals surface area contributed by atoms with E-state index in [0.29, 0.717) is 12.1 Å². The second kappa shape index (κ2) is 17.9. The zero-order chi connectivity index (χ0) is 38.0. The van der Waals surface area contributed by atoms with E-state index in [4.69, 9.17) is 4.74 Å². The molecule has 50 heavy (non-hydrogen) atoms. The third-order valence-corrected chi connectivity index (χ3v) is 8.10. The lowest BCUT2D eigenvalue weighted by Crippen LogP contribution is -2.61. The van der Waals surface area contributed by atoms with Crippen molar-refractivity contribution in [3.05, 3.63) is 42.2 Å². The van der Waals surface area contributed by atoms with Crippen LogP contribution in [0.3, 0.4) is 0 Å². The van der Waals surface area contributed by atoms with Gasteiger partial charge < -0.3 is 35.8 Å². The van der Waals surface area contributed by atoms with Crippen LogP contribution < -0.4 is 21.3 Å². The monoisotopic (exact) mass is 710 g/mol. The van der Waals surface area contributed by atoms with E-state index in [1.165, 1.54) is 15.9 Å². The minimum absolute atomic E-state index is 0.0326. The van der Waals surface area contributed by atoms with Crippen LogP contribution in [0.4, 0.5) is 22.8 Å². The second-order valence-corrected chi connectivity index (χ2v) is 13.7. The number of urea groups is 1. The molecule has 2 fully saturated rings. The Morgan fingerprint density at radius 2 is 1.70 bits per heavy atom. The number of nitrogens with one attached hydrogen (secondary N) is 4. The van der Waals surface area contributed by atoms with Crippen LogP contribution in [0.15, 0.2) is 42.2 Å². The van der Waals surface area contributed by atoms with Crippen LogP contribution in [0.1, 0.15) is 60.8 Å². The van der Waals surface area contributed by atoms with Gasteiger partial charge in [0.25, 0.3) is 5.91 Å². The van der Waals surface area contributed by atoms with Crippen LogP contribution in [-0.2, 0) is 23.9 Å². The van der Waals surface area contributed by atoms with Gasteiger partial charge in [-0.1, -0.05) is 39.0 Å². The summed E-state index contributed by atoms with van der Waals surface area (Å²) >= 11 is 0. The summed E-state index contributed by atoms with van der Waals surface area (Å²) < 4.78 is 44.6. The average molecular weight is 711 g/mol. The Hall–Kier alpha value is -4.59. The molecule has 2 aliphatic rings. The summed E-state index contributed by atoms with van der Waals surface area (Å²) in [7, 11) is 0. The molecular formula is C34H49F3N6O7. The molecule has 0 aromatic heterocycles. The second-order valence-electron chi connectivity index (χ2n) is 13.7. The standard InChI is InChI=1S/C34H49F3N6O7/c1-9-15-38-29(46)26(44)23(12-14-34(35,36)37)39-28(45)25-22(11-10-20(2)3)13-16-43(25)30(47)27(33(6,7)8)41-31(48)40-24(21(4)5)19-42-17-18-50-32(42)49/h9,11,22-25,27H,1,4,12-19H2,2-3,5-8H3,(H,38,46)(H,39,45)(H2,40,41,48)/t22?,23?,24-,25+,27-/m1/s1. The molecule has 0 aromatic rings. The first-order valence-electron chi connectivity index (χ1n) is 16.3. The van der Waals surface area contributed by atoms with Gasteiger partial charge in [0.1, 0.15) is 18.7 Å². The largest absolute Gasteiger partial charge is 0.448 e. The highest BCUT2D eigenvalue weighted by atomic mass is 19.4. The maximum Gasteiger partial charge on any atom is 0.410 e. The quantitative estimate of drug-likeness (QED) is 0.115. The molecule has 2 rings (SSSR count). The van der Waals surface area contributed by atoms with Gasteiger partial charge in [0, 0.05) is 32.0 Å². The molecule has 278 valence electrons. The number of halogens is 3. The van der Waals surface area contributed by atoms with Crippen LogP contribution in [0, 0.1) is 11.3 Å². The normalized spacial score (nSPS) is 19.3. The molecule has 2 aliphatic heterocycles. The van der Waals surface area contributed by atoms with Crippen molar-refractivity contribution < 1.29 is 46.7 Å². The van der Waals surface area contributed by atoms with E-state index < -0.39 is 90.1 Å². The summed E-state index contributed by atoms with van der Waals surface area (Å²) in [6.45, 7) is 18.1. The third kappa shape index (κ3) is 12.4. The molecule has 0 bridgehead atoms. The number of hydrogen-bond acceptors (Lipinski definition) is 7. The lowest BCUT2D eigenvalue weighted by molar-refractivity contribution is -0.147. The summed E-state index contributed by atoms with van der Waals surface area (Å²) in [5, 5.41) is 9.95. The van der Waals surface area contributed by atoms with Crippen LogP contribution in [0.2, 0.25) is 0 Å². The average Bonchev–Trinajstić information content (AvgIpc) is 3.63. The van der Waals surface area contributed by atoms with Crippen molar-refractivity contribution in [2.45, 2.75) is 91.1 Å². The van der Waals surface area contributed by atoms with Crippen LogP contribution in [0.5, 0.6) is 0 Å². The fourth-order valence-corrected chi connectivity index (χ4v) is 5.37. The smallest absolute Gasteiger partial charge is 0.410 e. The predicted octanol–water partition coefficient (Wildman–Crippen LogP) is 3.13. The van der Waals surface area contributed by atoms with Crippen LogP contribution >= 0.6 is 0 Å². The molecule has 13 nitrogen and oxygen atoms in total. The molecule has 6 amide bonds. The number of ketones is 1. The van der Waals surface area contributed by atoms with Crippen molar-refractivity contribution in [1.82, 2.24) is 31.1 Å². The summed E-state index contributed by atoms with van der Waals surface area (Å²) in [5.74, 6) is -4.74. The maximum atomic E-state index is 14.3. The van der Waals surface area contributed by atoms with E-state index in [1.807, 2.05) is 0 Å². The number of nitrogens with zero attached hydrogens (tertiary/aromatic N) is 2. The highest BCUT2D eigenvalue weighted by molar-refractivity contribution is 6.38. The zero-order valence-corrected chi connectivity index (χ0v) is 29.5. The Balaban J connectivity index is 2.41. The number of likely N-dealkylation sites (tertiary alicyclic amines) is 1. The molecule has 0 saturated carbocycles. The van der Waals surface area contributed by atoms with Crippen molar-refractivity contribution in [2.24, 2.45) is 11.3 Å². The molecule has 2 unspecified atom stereocenters. The fourth-order valence-electron chi connectivity index (χ4n) is 5.37. The number of hydrogen-bond donors (Lipinski definition) is 4. The number of ether oxygens (including phenoxy) is 1. The topological polar surface area (TPSA) is 166 Å². The van der Waals surface area contributed by atoms with E-state index in [2.05, 4.69) is 40.2 Å². The zero-order valence-electron chi connectivity index (χ0n) is 29.5. The van der Waals surface area contributed by atoms with Crippen molar-refractivity contribution in [1.29, 1.82) is 0 Å². The third-order valence-electron chi connectivity index (χ3n) is 8.10. The van der Waals surface area contributed by atoms with Gasteiger partial charge in [0.2, 0.25) is 17.6 Å². The maximum absolute atomic E-state index is 14.3. The summed E-state index contributed by atoms with van der Waals surface area (Å²) in [5.41, 5.74) is 3.40. The van der Waals surface area contributed by atoms with Gasteiger partial charge >= 0.3 is 18.3 Å². The molecule has 0 radical (unpaired) electrons. The molecule has 4 N–H and O–H groups in total. The van der Waals surface area contributed by atoms with Crippen molar-refractivity contribution in [3.8, 4) is 0 Å². The first-order chi connectivity index (χ1) is 23.2. The predicted molar refractivity (Wildman–Crippen MR) is 178 cm³/mol. The molecule has 5 atom stereocenters. The summed E-state index contributed by atoms with van der Waals surface area (Å²) in [6.07, 6.45) is -4.45. The lowest BCUT2D eigenvalue weighted by atomic mass is 9.85. The lowest BCUT2D eigenvalue weighted by Gasteiger charge is -2.36. The Morgan fingerprint density at radius 1 is 1.04 bits per heavy atom. The number of carbonyl (C=O) groups excluding carboxylic acids is 6. The van der Waals surface area contributed by atoms with E-state index in [0.717, 1.165) is 5.57 Å². The Bertz CT molecular complexity index is 1400. The number of amides is 6. The number of alkyl halides is 3. The van der Waals surface area contributed by atoms with Gasteiger partial charge in [-0.2, -0.15) is 13.2 Å². The fraction of sp³-hybridized carbons (Fsp3) is 0.618. The Labute approximate surface area is 290 Å². The highest BCUT2D eigenvalue weighted by Gasteiger charge is 2.47. The highest BCUT2D eigenvalue weighted by Crippen LogP contribution is 2.31. The first kappa shape index (κ1) is 41.6. The summed E-state index contributed by atoms with van der Waals surface area (Å²) in [6, 6.07) is -5.79. The SMILES string of the molecule is C=CCNC(=O)C(=O)C(CCC(F)(F)F)NC(=O)[C@@H]1C(C=C=C(C)C)CCN1C(=O)[C@@H](NC(=O)N[C@H](CN1CCOC1=O)C(=C)C)C(C)(C)C. The molecule has 16 heteroatoms. The van der Waals surface area contributed by atoms with Gasteiger partial charge in [-0.25, -0.2) is 9.59 Å². The van der Waals surface area contributed by atoms with E-state index >= 15 is 0 Å². The van der Waals surface area contributed by atoms with Gasteiger partial charge in [-0.15, -0.1) is 12.3 Å². The molecule has 0 aliphatic carbocycles. The minimum atomic E-state index is -4.68. The minimum Gasteiger partial charge on any atom is -0.448 e. The number of Topliss-reactive ketones (excluding diaryl/α,β-unsaturated/α-hetero) is 1. The van der Waals surface area contributed by atoms with Crippen LogP contribution in [0.25, 0.3) is 0 Å². The Kier molecular flexibility index (Phi) is 14.9. The van der Waals surface area contributed by atoms with E-state index in [-0.39, 0.29) is 32.7 Å². The van der Waals surface area contributed by atoms with Crippen molar-refractivity contribution >= 4 is 35.6 Å². The van der Waals surface area contributed by atoms with Crippen molar-refractivity contribution in [2.75, 3.05) is 32.8 Å². The van der Waals surface area contributed by atoms with Gasteiger partial charge in [-0.05, 0) is 50.7 Å². The molecule has 2 heterocycles. The van der Waals surface area contributed by atoms with Crippen LogP contribution in [-0.4, -0.2) is 109 Å². The van der Waals surface area contributed by atoms with Gasteiger partial charge in [0.15, 0.2) is 0 Å². The number of rotatable bonds is 15. The molecular weight excluding hydrogens is 661 g/mol. The molecule has 0 spiro atoms. The van der Waals surface area contributed by atoms with Gasteiger partial charge in [-0.3, -0.25) is 19.2 Å². The van der Waals surface area contributed by atoms with E-state index in [9.17, 15) is 41.9 Å². The van der Waals surface area contributed by atoms with Gasteiger partial charge in [0.05, 0.1) is 18.6 Å². The Morgan fingerprint density at radius 3 is 2.22 bits per heavy atom. The molecule has 0 aromatic carbocycles. The number of carbonyl (C=O) groups is 6. The number of cyclic esters (lactones) is 1. The molecule has 2 saturated heterocycles. The van der Waals surface area contributed by atoms with Crippen molar-refractivity contribution in [3.63, 3.8) is 0 Å². The summed E-state index contributed by atoms with van der Waals surface area (Å²) in [4.78, 5) is 81.4.